The van der Waals surface area contributed by atoms with Crippen LogP contribution in [0.2, 0.25) is 0 Å². The number of benzene rings is 1. The van der Waals surface area contributed by atoms with Crippen LogP contribution in [0.1, 0.15) is 34.4 Å². The van der Waals surface area contributed by atoms with Crippen molar-refractivity contribution in [2.45, 2.75) is 33.7 Å². The number of rotatable bonds is 3. The number of hydrogen-bond donors (Lipinski definition) is 2. The molecule has 0 amide bonds. The van der Waals surface area contributed by atoms with Gasteiger partial charge in [0.25, 0.3) is 0 Å². The summed E-state index contributed by atoms with van der Waals surface area (Å²) in [5, 5.41) is 4.65. The van der Waals surface area contributed by atoms with Gasteiger partial charge in [-0.2, -0.15) is 0 Å². The van der Waals surface area contributed by atoms with Crippen LogP contribution < -0.4 is 5.32 Å². The molecule has 0 bridgehead atoms. The summed E-state index contributed by atoms with van der Waals surface area (Å²) < 4.78 is 0. The van der Waals surface area contributed by atoms with Gasteiger partial charge in [0.2, 0.25) is 0 Å². The molecule has 0 fully saturated rings. The van der Waals surface area contributed by atoms with E-state index in [0.29, 0.717) is 0 Å². The fraction of sp³-hybridized carbons (Fsp3) is 0.333. The minimum Gasteiger partial charge on any atom is -0.378 e. The van der Waals surface area contributed by atoms with Crippen molar-refractivity contribution in [2.75, 3.05) is 5.32 Å². The monoisotopic (exact) mass is 286 g/mol. The highest BCUT2D eigenvalue weighted by Crippen LogP contribution is 2.28. The van der Waals surface area contributed by atoms with Crippen LogP contribution in [0.15, 0.2) is 18.2 Å². The highest BCUT2D eigenvalue weighted by atomic mass is 32.1. The topological polar surface area (TPSA) is 53.6 Å². The highest BCUT2D eigenvalue weighted by molar-refractivity contribution is 7.11. The number of imidazole rings is 1. The summed E-state index contributed by atoms with van der Waals surface area (Å²) in [6, 6.07) is 6.47. The first-order valence-corrected chi connectivity index (χ1v) is 7.51. The smallest absolute Gasteiger partial charge is 0.104 e. The lowest BCUT2D eigenvalue weighted by molar-refractivity contribution is 0.890. The number of aromatic nitrogens is 3. The average Bonchev–Trinajstić information content (AvgIpc) is 2.90. The van der Waals surface area contributed by atoms with Crippen molar-refractivity contribution in [3.05, 3.63) is 39.6 Å². The van der Waals surface area contributed by atoms with Crippen molar-refractivity contribution in [1.29, 1.82) is 0 Å². The fourth-order valence-electron chi connectivity index (χ4n) is 2.49. The van der Waals surface area contributed by atoms with Crippen molar-refractivity contribution >= 4 is 28.1 Å². The number of aromatic amines is 1. The van der Waals surface area contributed by atoms with Gasteiger partial charge >= 0.3 is 0 Å². The van der Waals surface area contributed by atoms with E-state index in [4.69, 9.17) is 0 Å². The fourth-order valence-corrected chi connectivity index (χ4v) is 3.42. The molecule has 0 aliphatic carbocycles. The van der Waals surface area contributed by atoms with Gasteiger partial charge in [-0.05, 0) is 45.9 Å². The zero-order chi connectivity index (χ0) is 14.3. The maximum Gasteiger partial charge on any atom is 0.104 e. The van der Waals surface area contributed by atoms with Crippen LogP contribution in [-0.4, -0.2) is 15.0 Å². The minimum absolute atomic E-state index is 0.252. The number of hydrogen-bond acceptors (Lipinski definition) is 4. The second kappa shape index (κ2) is 4.90. The maximum absolute atomic E-state index is 4.49. The second-order valence-corrected chi connectivity index (χ2v) is 6.34. The third-order valence-corrected chi connectivity index (χ3v) is 4.57. The second-order valence-electron chi connectivity index (χ2n) is 5.10. The predicted octanol–water partition coefficient (Wildman–Crippen LogP) is 4.12. The first kappa shape index (κ1) is 13.1. The Labute approximate surface area is 122 Å². The number of anilines is 1. The van der Waals surface area contributed by atoms with Crippen LogP contribution in [0.25, 0.3) is 11.0 Å². The number of fused-ring (bicyclic) bond motifs is 1. The molecule has 0 saturated carbocycles. The Hall–Kier alpha value is -1.88. The molecule has 1 aromatic carbocycles. The Bertz CT molecular complexity index is 756. The van der Waals surface area contributed by atoms with Crippen molar-refractivity contribution in [2.24, 2.45) is 0 Å². The van der Waals surface area contributed by atoms with Crippen molar-refractivity contribution < 1.29 is 0 Å². The zero-order valence-corrected chi connectivity index (χ0v) is 12.9. The molecular formula is C15H18N4S. The van der Waals surface area contributed by atoms with Gasteiger partial charge < -0.3 is 10.3 Å². The van der Waals surface area contributed by atoms with Gasteiger partial charge in [0.05, 0.1) is 27.8 Å². The van der Waals surface area contributed by atoms with Gasteiger partial charge in [-0.1, -0.05) is 0 Å². The maximum atomic E-state index is 4.49. The standard InChI is InChI=1S/C15H18N4S/c1-8-15(20-11(4)16-8)9(2)17-12-5-6-13-14(7-12)19-10(3)18-13/h5-7,9,17H,1-4H3,(H,18,19). The van der Waals surface area contributed by atoms with E-state index >= 15 is 0 Å². The molecule has 5 heteroatoms. The molecule has 0 radical (unpaired) electrons. The number of aryl methyl sites for hydroxylation is 3. The lowest BCUT2D eigenvalue weighted by Crippen LogP contribution is -2.06. The molecule has 20 heavy (non-hydrogen) atoms. The van der Waals surface area contributed by atoms with E-state index < -0.39 is 0 Å². The summed E-state index contributed by atoms with van der Waals surface area (Å²) in [6.07, 6.45) is 0. The molecule has 0 aliphatic rings. The van der Waals surface area contributed by atoms with Gasteiger partial charge in [0.15, 0.2) is 0 Å². The lowest BCUT2D eigenvalue weighted by Gasteiger charge is -2.14. The summed E-state index contributed by atoms with van der Waals surface area (Å²) in [6.45, 7) is 8.26. The predicted molar refractivity (Wildman–Crippen MR) is 84.5 cm³/mol. The molecule has 4 nitrogen and oxygen atoms in total. The SMILES string of the molecule is Cc1nc2ccc(NC(C)c3sc(C)nc3C)cc2[nH]1. The van der Waals surface area contributed by atoms with Gasteiger partial charge in [-0.15, -0.1) is 11.3 Å². The van der Waals surface area contributed by atoms with Gasteiger partial charge in [0, 0.05) is 10.6 Å². The summed E-state index contributed by atoms with van der Waals surface area (Å²) in [5.74, 6) is 0.944. The third-order valence-electron chi connectivity index (χ3n) is 3.32. The van der Waals surface area contributed by atoms with Crippen LogP contribution in [0.5, 0.6) is 0 Å². The Kier molecular flexibility index (Phi) is 3.22. The van der Waals surface area contributed by atoms with Crippen LogP contribution in [-0.2, 0) is 0 Å². The molecule has 104 valence electrons. The quantitative estimate of drug-likeness (QED) is 0.761. The first-order chi connectivity index (χ1) is 9.52. The first-order valence-electron chi connectivity index (χ1n) is 6.70. The number of H-pyrrole nitrogens is 1. The molecule has 1 atom stereocenters. The highest BCUT2D eigenvalue weighted by Gasteiger charge is 2.13. The minimum atomic E-state index is 0.252. The van der Waals surface area contributed by atoms with Gasteiger partial charge in [0.1, 0.15) is 5.82 Å². The van der Waals surface area contributed by atoms with Crippen molar-refractivity contribution in [3.8, 4) is 0 Å². The number of nitrogens with zero attached hydrogens (tertiary/aromatic N) is 2. The Balaban J connectivity index is 1.86. The number of thiazole rings is 1. The molecule has 1 unspecified atom stereocenters. The van der Waals surface area contributed by atoms with E-state index in [1.807, 2.05) is 19.9 Å². The molecule has 2 aromatic heterocycles. The van der Waals surface area contributed by atoms with E-state index in [-0.39, 0.29) is 6.04 Å². The summed E-state index contributed by atoms with van der Waals surface area (Å²) >= 11 is 1.76. The summed E-state index contributed by atoms with van der Waals surface area (Å²) in [4.78, 5) is 13.5. The van der Waals surface area contributed by atoms with Gasteiger partial charge in [-0.25, -0.2) is 9.97 Å². The molecule has 0 spiro atoms. The largest absolute Gasteiger partial charge is 0.378 e. The number of nitrogens with one attached hydrogen (secondary N) is 2. The molecule has 2 heterocycles. The molecule has 3 aromatic rings. The zero-order valence-electron chi connectivity index (χ0n) is 12.1. The molecule has 2 N–H and O–H groups in total. The van der Waals surface area contributed by atoms with Crippen LogP contribution in [0.4, 0.5) is 5.69 Å². The Morgan fingerprint density at radius 3 is 2.70 bits per heavy atom. The van der Waals surface area contributed by atoms with E-state index in [9.17, 15) is 0 Å². The van der Waals surface area contributed by atoms with E-state index in [1.165, 1.54) is 4.88 Å². The Morgan fingerprint density at radius 2 is 2.00 bits per heavy atom. The van der Waals surface area contributed by atoms with Gasteiger partial charge in [-0.3, -0.25) is 0 Å². The average molecular weight is 286 g/mol. The van der Waals surface area contributed by atoms with E-state index in [0.717, 1.165) is 33.2 Å². The normalized spacial score (nSPS) is 12.8. The Morgan fingerprint density at radius 1 is 1.20 bits per heavy atom. The van der Waals surface area contributed by atoms with Crippen LogP contribution >= 0.6 is 11.3 Å². The molecule has 3 rings (SSSR count). The summed E-state index contributed by atoms with van der Waals surface area (Å²) in [7, 11) is 0. The molecular weight excluding hydrogens is 268 g/mol. The van der Waals surface area contributed by atoms with Crippen molar-refractivity contribution in [3.63, 3.8) is 0 Å². The van der Waals surface area contributed by atoms with E-state index in [1.54, 1.807) is 11.3 Å². The van der Waals surface area contributed by atoms with E-state index in [2.05, 4.69) is 46.2 Å². The van der Waals surface area contributed by atoms with Crippen molar-refractivity contribution in [1.82, 2.24) is 15.0 Å². The lowest BCUT2D eigenvalue weighted by atomic mass is 10.2. The molecule has 0 aliphatic heterocycles. The summed E-state index contributed by atoms with van der Waals surface area (Å²) in [5.41, 5.74) is 4.28. The third kappa shape index (κ3) is 2.41. The van der Waals surface area contributed by atoms with Crippen LogP contribution in [0.3, 0.4) is 0 Å². The molecule has 0 saturated heterocycles. The van der Waals surface area contributed by atoms with Crippen LogP contribution in [0, 0.1) is 20.8 Å².